The molecule has 3 rings (SSSR count). The third-order valence-electron chi connectivity index (χ3n) is 2.99. The number of carbonyl (C=O) groups is 1. The number of amides is 1. The van der Waals surface area contributed by atoms with Crippen LogP contribution in [0.3, 0.4) is 0 Å². The number of aromatic nitrogens is 4. The van der Waals surface area contributed by atoms with Gasteiger partial charge in [0.05, 0.1) is 5.69 Å². The van der Waals surface area contributed by atoms with Crippen LogP contribution in [0.5, 0.6) is 0 Å². The molecule has 1 fully saturated rings. The van der Waals surface area contributed by atoms with Crippen LogP contribution in [0.2, 0.25) is 0 Å². The SMILES string of the molecule is CC(C)c1nc(C(=O)Nc2nc(C3CC3)cs2)n[nH]1. The van der Waals surface area contributed by atoms with Gasteiger partial charge in [-0.2, -0.15) is 0 Å². The fourth-order valence-corrected chi connectivity index (χ4v) is 2.48. The summed E-state index contributed by atoms with van der Waals surface area (Å²) in [6.07, 6.45) is 2.41. The Bertz CT molecular complexity index is 599. The van der Waals surface area contributed by atoms with Crippen LogP contribution in [-0.2, 0) is 0 Å². The Labute approximate surface area is 114 Å². The summed E-state index contributed by atoms with van der Waals surface area (Å²) in [4.78, 5) is 20.5. The Hall–Kier alpha value is -1.76. The quantitative estimate of drug-likeness (QED) is 0.899. The maximum absolute atomic E-state index is 12.0. The largest absolute Gasteiger partial charge is 0.297 e. The van der Waals surface area contributed by atoms with Crippen LogP contribution in [-0.4, -0.2) is 26.1 Å². The van der Waals surface area contributed by atoms with E-state index in [1.165, 1.54) is 24.2 Å². The van der Waals surface area contributed by atoms with Gasteiger partial charge in [-0.15, -0.1) is 16.4 Å². The first-order valence-corrected chi connectivity index (χ1v) is 7.20. The van der Waals surface area contributed by atoms with Gasteiger partial charge in [-0.25, -0.2) is 9.97 Å². The molecule has 1 aliphatic carbocycles. The normalized spacial score (nSPS) is 14.9. The zero-order chi connectivity index (χ0) is 13.4. The van der Waals surface area contributed by atoms with Gasteiger partial charge in [0.1, 0.15) is 5.82 Å². The summed E-state index contributed by atoms with van der Waals surface area (Å²) in [5, 5.41) is 12.0. The lowest BCUT2D eigenvalue weighted by Gasteiger charge is -1.97. The Balaban J connectivity index is 1.68. The van der Waals surface area contributed by atoms with E-state index in [4.69, 9.17) is 0 Å². The van der Waals surface area contributed by atoms with Crippen LogP contribution in [0, 0.1) is 0 Å². The summed E-state index contributed by atoms with van der Waals surface area (Å²) in [6.45, 7) is 3.98. The molecule has 1 amide bonds. The Morgan fingerprint density at radius 1 is 1.47 bits per heavy atom. The number of thiazole rings is 1. The molecule has 100 valence electrons. The third-order valence-corrected chi connectivity index (χ3v) is 3.77. The summed E-state index contributed by atoms with van der Waals surface area (Å²) in [5.41, 5.74) is 1.08. The highest BCUT2D eigenvalue weighted by Crippen LogP contribution is 2.40. The molecule has 0 radical (unpaired) electrons. The molecule has 0 atom stereocenters. The van der Waals surface area contributed by atoms with Gasteiger partial charge in [0.25, 0.3) is 5.91 Å². The number of carbonyl (C=O) groups excluding carboxylic acids is 1. The highest BCUT2D eigenvalue weighted by molar-refractivity contribution is 7.14. The van der Waals surface area contributed by atoms with Crippen molar-refractivity contribution in [2.75, 3.05) is 5.32 Å². The van der Waals surface area contributed by atoms with E-state index in [1.807, 2.05) is 19.2 Å². The topological polar surface area (TPSA) is 83.6 Å². The highest BCUT2D eigenvalue weighted by atomic mass is 32.1. The van der Waals surface area contributed by atoms with Gasteiger partial charge in [0, 0.05) is 17.2 Å². The first-order valence-electron chi connectivity index (χ1n) is 6.32. The van der Waals surface area contributed by atoms with E-state index >= 15 is 0 Å². The number of rotatable bonds is 4. The molecule has 1 aliphatic rings. The van der Waals surface area contributed by atoms with Crippen LogP contribution in [0.15, 0.2) is 5.38 Å². The lowest BCUT2D eigenvalue weighted by molar-refractivity contribution is 0.101. The second-order valence-corrected chi connectivity index (χ2v) is 5.86. The van der Waals surface area contributed by atoms with Crippen molar-refractivity contribution in [1.82, 2.24) is 20.2 Å². The zero-order valence-corrected chi connectivity index (χ0v) is 11.6. The smallest absolute Gasteiger partial charge is 0.295 e. The van der Waals surface area contributed by atoms with E-state index in [1.54, 1.807) is 0 Å². The molecule has 0 aliphatic heterocycles. The first-order chi connectivity index (χ1) is 9.13. The van der Waals surface area contributed by atoms with Crippen LogP contribution in [0.4, 0.5) is 5.13 Å². The molecule has 2 heterocycles. The minimum atomic E-state index is -0.320. The Morgan fingerprint density at radius 2 is 2.26 bits per heavy atom. The molecule has 2 N–H and O–H groups in total. The molecule has 1 saturated carbocycles. The molecule has 0 saturated heterocycles. The molecule has 0 bridgehead atoms. The molecular weight excluding hydrogens is 262 g/mol. The lowest BCUT2D eigenvalue weighted by Crippen LogP contribution is -2.13. The van der Waals surface area contributed by atoms with Gasteiger partial charge >= 0.3 is 0 Å². The number of nitrogens with one attached hydrogen (secondary N) is 2. The average Bonchev–Trinajstić information content (AvgIpc) is 2.92. The zero-order valence-electron chi connectivity index (χ0n) is 10.8. The molecule has 0 spiro atoms. The van der Waals surface area contributed by atoms with Gasteiger partial charge in [-0.1, -0.05) is 13.8 Å². The maximum atomic E-state index is 12.0. The van der Waals surface area contributed by atoms with Gasteiger partial charge in [-0.05, 0) is 12.8 Å². The van der Waals surface area contributed by atoms with E-state index < -0.39 is 0 Å². The number of nitrogens with zero attached hydrogens (tertiary/aromatic N) is 3. The van der Waals surface area contributed by atoms with Crippen molar-refractivity contribution in [2.45, 2.75) is 38.5 Å². The molecule has 2 aromatic heterocycles. The molecule has 0 unspecified atom stereocenters. The van der Waals surface area contributed by atoms with E-state index in [0.717, 1.165) is 5.69 Å². The van der Waals surface area contributed by atoms with Gasteiger partial charge in [0.15, 0.2) is 5.13 Å². The molecule has 0 aromatic carbocycles. The van der Waals surface area contributed by atoms with Crippen LogP contribution < -0.4 is 5.32 Å². The molecular formula is C12H15N5OS. The summed E-state index contributed by atoms with van der Waals surface area (Å²) in [5.74, 6) is 1.36. The van der Waals surface area contributed by atoms with Gasteiger partial charge in [0.2, 0.25) is 5.82 Å². The van der Waals surface area contributed by atoms with Crippen molar-refractivity contribution in [3.63, 3.8) is 0 Å². The second-order valence-electron chi connectivity index (χ2n) is 5.00. The molecule has 6 nitrogen and oxygen atoms in total. The minimum Gasteiger partial charge on any atom is -0.295 e. The number of H-pyrrole nitrogens is 1. The van der Waals surface area contributed by atoms with Crippen molar-refractivity contribution in [2.24, 2.45) is 0 Å². The minimum absolute atomic E-state index is 0.159. The van der Waals surface area contributed by atoms with Crippen molar-refractivity contribution in [3.8, 4) is 0 Å². The fraction of sp³-hybridized carbons (Fsp3) is 0.500. The number of aromatic amines is 1. The predicted octanol–water partition coefficient (Wildman–Crippen LogP) is 2.51. The van der Waals surface area contributed by atoms with Crippen molar-refractivity contribution < 1.29 is 4.79 Å². The molecule has 7 heteroatoms. The predicted molar refractivity (Wildman–Crippen MR) is 72.5 cm³/mol. The number of hydrogen-bond donors (Lipinski definition) is 2. The summed E-state index contributed by atoms with van der Waals surface area (Å²) < 4.78 is 0. The van der Waals surface area contributed by atoms with Crippen LogP contribution in [0.25, 0.3) is 0 Å². The first kappa shape index (κ1) is 12.3. The van der Waals surface area contributed by atoms with E-state index in [0.29, 0.717) is 16.9 Å². The van der Waals surface area contributed by atoms with E-state index in [9.17, 15) is 4.79 Å². The van der Waals surface area contributed by atoms with Gasteiger partial charge in [-0.3, -0.25) is 15.2 Å². The maximum Gasteiger partial charge on any atom is 0.297 e. The lowest BCUT2D eigenvalue weighted by atomic mass is 10.2. The van der Waals surface area contributed by atoms with Crippen molar-refractivity contribution >= 4 is 22.4 Å². The van der Waals surface area contributed by atoms with E-state index in [-0.39, 0.29) is 17.6 Å². The second kappa shape index (κ2) is 4.73. The van der Waals surface area contributed by atoms with Crippen molar-refractivity contribution in [3.05, 3.63) is 22.7 Å². The summed E-state index contributed by atoms with van der Waals surface area (Å²) in [6, 6.07) is 0. The summed E-state index contributed by atoms with van der Waals surface area (Å²) in [7, 11) is 0. The Morgan fingerprint density at radius 3 is 2.89 bits per heavy atom. The molecule has 2 aromatic rings. The third kappa shape index (κ3) is 2.65. The molecule has 19 heavy (non-hydrogen) atoms. The fourth-order valence-electron chi connectivity index (χ4n) is 1.70. The van der Waals surface area contributed by atoms with Crippen LogP contribution >= 0.6 is 11.3 Å². The Kier molecular flexibility index (Phi) is 3.06. The van der Waals surface area contributed by atoms with Crippen LogP contribution in [0.1, 0.15) is 60.7 Å². The average molecular weight is 277 g/mol. The highest BCUT2D eigenvalue weighted by Gasteiger charge is 2.26. The monoisotopic (exact) mass is 277 g/mol. The standard InChI is InChI=1S/C12H15N5OS/c1-6(2)9-14-10(17-16-9)11(18)15-12-13-8(5-19-12)7-3-4-7/h5-7H,3-4H2,1-2H3,(H,13,15,18)(H,14,16,17). The number of hydrogen-bond acceptors (Lipinski definition) is 5. The van der Waals surface area contributed by atoms with Gasteiger partial charge < -0.3 is 0 Å². The van der Waals surface area contributed by atoms with Crippen molar-refractivity contribution in [1.29, 1.82) is 0 Å². The summed E-state index contributed by atoms with van der Waals surface area (Å²) >= 11 is 1.45. The van der Waals surface area contributed by atoms with E-state index in [2.05, 4.69) is 25.5 Å². The number of anilines is 1.